The van der Waals surface area contributed by atoms with E-state index in [1.165, 1.54) is 0 Å². The average Bonchev–Trinajstić information content (AvgIpc) is 2.90. The molecule has 0 bridgehead atoms. The van der Waals surface area contributed by atoms with Gasteiger partial charge in [-0.3, -0.25) is 9.48 Å². The smallest absolute Gasteiger partial charge is 0.277 e. The zero-order valence-corrected chi connectivity index (χ0v) is 14.1. The van der Waals surface area contributed by atoms with Crippen molar-refractivity contribution in [2.24, 2.45) is 7.05 Å². The Kier molecular flexibility index (Phi) is 4.24. The second-order valence-electron chi connectivity index (χ2n) is 5.64. The number of rotatable bonds is 5. The summed E-state index contributed by atoms with van der Waals surface area (Å²) in [6, 6.07) is 5.33. The molecule has 24 heavy (non-hydrogen) atoms. The first-order valence-electron chi connectivity index (χ1n) is 8.03. The first-order valence-corrected chi connectivity index (χ1v) is 8.03. The van der Waals surface area contributed by atoms with Gasteiger partial charge in [-0.05, 0) is 31.0 Å². The monoisotopic (exact) mass is 327 g/mol. The zero-order valence-electron chi connectivity index (χ0n) is 14.1. The highest BCUT2D eigenvalue weighted by Gasteiger charge is 2.17. The summed E-state index contributed by atoms with van der Waals surface area (Å²) >= 11 is 0. The van der Waals surface area contributed by atoms with Gasteiger partial charge in [-0.25, -0.2) is 4.98 Å². The van der Waals surface area contributed by atoms with Crippen molar-refractivity contribution in [3.63, 3.8) is 0 Å². The standard InChI is InChI=1S/C17H21N5O2/c1-4-8-24-13-7-6-10(18)9-11(13)16-19-14-12(5-2)21-22(3)15(14)17(23)20-16/h6-7,9H,4-5,8,18H2,1-3H3,(H,19,20,23). The van der Waals surface area contributed by atoms with E-state index in [0.717, 1.165) is 12.1 Å². The Hall–Kier alpha value is -2.83. The average molecular weight is 327 g/mol. The summed E-state index contributed by atoms with van der Waals surface area (Å²) in [7, 11) is 1.74. The Balaban J connectivity index is 2.23. The third-order valence-corrected chi connectivity index (χ3v) is 3.82. The van der Waals surface area contributed by atoms with E-state index in [0.29, 0.717) is 46.9 Å². The van der Waals surface area contributed by atoms with Crippen LogP contribution in [0, 0.1) is 0 Å². The van der Waals surface area contributed by atoms with Crippen LogP contribution in [0.1, 0.15) is 26.0 Å². The van der Waals surface area contributed by atoms with Crippen molar-refractivity contribution < 1.29 is 4.74 Å². The second kappa shape index (κ2) is 6.35. The minimum Gasteiger partial charge on any atom is -0.493 e. The van der Waals surface area contributed by atoms with Crippen LogP contribution in [0.15, 0.2) is 23.0 Å². The summed E-state index contributed by atoms with van der Waals surface area (Å²) < 4.78 is 7.34. The summed E-state index contributed by atoms with van der Waals surface area (Å²) in [6.07, 6.45) is 1.58. The quantitative estimate of drug-likeness (QED) is 0.700. The molecule has 0 aliphatic heterocycles. The molecule has 0 spiro atoms. The van der Waals surface area contributed by atoms with Crippen LogP contribution in [0.25, 0.3) is 22.4 Å². The normalized spacial score (nSPS) is 11.1. The molecule has 0 amide bonds. The summed E-state index contributed by atoms with van der Waals surface area (Å²) in [5.74, 6) is 1.09. The predicted octanol–water partition coefficient (Wildman–Crippen LogP) is 2.26. The van der Waals surface area contributed by atoms with Gasteiger partial charge in [0.25, 0.3) is 5.56 Å². The molecule has 0 aliphatic rings. The molecule has 0 atom stereocenters. The third-order valence-electron chi connectivity index (χ3n) is 3.82. The van der Waals surface area contributed by atoms with E-state index in [-0.39, 0.29) is 5.56 Å². The number of anilines is 1. The number of hydrogen-bond donors (Lipinski definition) is 2. The topological polar surface area (TPSA) is 98.8 Å². The molecule has 2 heterocycles. The number of hydrogen-bond acceptors (Lipinski definition) is 5. The SMILES string of the molecule is CCCOc1ccc(N)cc1-c1nc2c(CC)nn(C)c2c(=O)[nH]1. The Morgan fingerprint density at radius 2 is 2.12 bits per heavy atom. The van der Waals surface area contributed by atoms with Gasteiger partial charge in [0, 0.05) is 12.7 Å². The lowest BCUT2D eigenvalue weighted by molar-refractivity contribution is 0.318. The molecule has 0 aliphatic carbocycles. The van der Waals surface area contributed by atoms with E-state index in [1.54, 1.807) is 29.9 Å². The number of aryl methyl sites for hydroxylation is 2. The van der Waals surface area contributed by atoms with Crippen molar-refractivity contribution in [2.75, 3.05) is 12.3 Å². The number of nitrogen functional groups attached to an aromatic ring is 1. The summed E-state index contributed by atoms with van der Waals surface area (Å²) in [5.41, 5.74) is 8.81. The van der Waals surface area contributed by atoms with Crippen molar-refractivity contribution in [3.05, 3.63) is 34.2 Å². The van der Waals surface area contributed by atoms with E-state index < -0.39 is 0 Å². The van der Waals surface area contributed by atoms with E-state index >= 15 is 0 Å². The molecule has 0 radical (unpaired) electrons. The fourth-order valence-electron chi connectivity index (χ4n) is 2.68. The number of H-pyrrole nitrogens is 1. The zero-order chi connectivity index (χ0) is 17.3. The Morgan fingerprint density at radius 1 is 1.33 bits per heavy atom. The van der Waals surface area contributed by atoms with Gasteiger partial charge in [0.2, 0.25) is 0 Å². The lowest BCUT2D eigenvalue weighted by Crippen LogP contribution is -2.13. The number of nitrogens with two attached hydrogens (primary N) is 1. The minimum absolute atomic E-state index is 0.228. The van der Waals surface area contributed by atoms with Crippen molar-refractivity contribution >= 4 is 16.7 Å². The van der Waals surface area contributed by atoms with Crippen LogP contribution in [0.2, 0.25) is 0 Å². The summed E-state index contributed by atoms with van der Waals surface area (Å²) in [5, 5.41) is 4.37. The molecule has 3 rings (SSSR count). The van der Waals surface area contributed by atoms with E-state index in [4.69, 9.17) is 10.5 Å². The van der Waals surface area contributed by atoms with Crippen LogP contribution in [-0.4, -0.2) is 26.4 Å². The number of benzene rings is 1. The van der Waals surface area contributed by atoms with Crippen molar-refractivity contribution in [2.45, 2.75) is 26.7 Å². The van der Waals surface area contributed by atoms with Gasteiger partial charge < -0.3 is 15.5 Å². The van der Waals surface area contributed by atoms with Crippen molar-refractivity contribution in [3.8, 4) is 17.1 Å². The molecule has 3 N–H and O–H groups in total. The largest absolute Gasteiger partial charge is 0.493 e. The first kappa shape index (κ1) is 16.0. The number of nitrogens with zero attached hydrogens (tertiary/aromatic N) is 3. The molecule has 7 heteroatoms. The van der Waals surface area contributed by atoms with Crippen LogP contribution in [0.5, 0.6) is 5.75 Å². The van der Waals surface area contributed by atoms with Crippen LogP contribution < -0.4 is 16.0 Å². The molecule has 0 saturated heterocycles. The van der Waals surface area contributed by atoms with Crippen molar-refractivity contribution in [1.29, 1.82) is 0 Å². The first-order chi connectivity index (χ1) is 11.5. The Bertz CT molecular complexity index is 942. The van der Waals surface area contributed by atoms with Gasteiger partial charge >= 0.3 is 0 Å². The van der Waals surface area contributed by atoms with Gasteiger partial charge in [-0.15, -0.1) is 0 Å². The third kappa shape index (κ3) is 2.73. The van der Waals surface area contributed by atoms with Gasteiger partial charge in [-0.1, -0.05) is 13.8 Å². The molecule has 0 fully saturated rings. The van der Waals surface area contributed by atoms with Crippen molar-refractivity contribution in [1.82, 2.24) is 19.7 Å². The highest BCUT2D eigenvalue weighted by molar-refractivity contribution is 5.80. The molecular formula is C17H21N5O2. The van der Waals surface area contributed by atoms with Gasteiger partial charge in [0.15, 0.2) is 5.52 Å². The molecule has 1 aromatic carbocycles. The molecule has 126 valence electrons. The lowest BCUT2D eigenvalue weighted by Gasteiger charge is -2.11. The van der Waals surface area contributed by atoms with Gasteiger partial charge in [0.1, 0.15) is 17.1 Å². The lowest BCUT2D eigenvalue weighted by atomic mass is 10.1. The Morgan fingerprint density at radius 3 is 2.83 bits per heavy atom. The second-order valence-corrected chi connectivity index (χ2v) is 5.64. The fraction of sp³-hybridized carbons (Fsp3) is 0.353. The van der Waals surface area contributed by atoms with Crippen LogP contribution >= 0.6 is 0 Å². The molecule has 2 aromatic heterocycles. The number of nitrogens with one attached hydrogen (secondary N) is 1. The summed E-state index contributed by atoms with van der Waals surface area (Å²) in [4.78, 5) is 20.0. The maximum Gasteiger partial charge on any atom is 0.277 e. The predicted molar refractivity (Wildman–Crippen MR) is 94.1 cm³/mol. The highest BCUT2D eigenvalue weighted by atomic mass is 16.5. The summed E-state index contributed by atoms with van der Waals surface area (Å²) in [6.45, 7) is 4.60. The molecular weight excluding hydrogens is 306 g/mol. The number of ether oxygens (including phenoxy) is 1. The van der Waals surface area contributed by atoms with Crippen LogP contribution in [0.4, 0.5) is 5.69 Å². The van der Waals surface area contributed by atoms with E-state index in [2.05, 4.69) is 15.1 Å². The molecule has 0 unspecified atom stereocenters. The molecule has 7 nitrogen and oxygen atoms in total. The van der Waals surface area contributed by atoms with Gasteiger partial charge in [-0.2, -0.15) is 5.10 Å². The molecule has 0 saturated carbocycles. The fourth-order valence-corrected chi connectivity index (χ4v) is 2.68. The number of aromatic amines is 1. The maximum atomic E-state index is 12.5. The van der Waals surface area contributed by atoms with Crippen LogP contribution in [0.3, 0.4) is 0 Å². The van der Waals surface area contributed by atoms with E-state index in [1.807, 2.05) is 13.8 Å². The number of aromatic nitrogens is 4. The maximum absolute atomic E-state index is 12.5. The molecule has 3 aromatic rings. The minimum atomic E-state index is -0.228. The van der Waals surface area contributed by atoms with E-state index in [9.17, 15) is 4.79 Å². The van der Waals surface area contributed by atoms with Crippen LogP contribution in [-0.2, 0) is 13.5 Å². The van der Waals surface area contributed by atoms with Gasteiger partial charge in [0.05, 0.1) is 17.9 Å². The number of fused-ring (bicyclic) bond motifs is 1. The Labute approximate surface area is 139 Å². The highest BCUT2D eigenvalue weighted by Crippen LogP contribution is 2.30.